The van der Waals surface area contributed by atoms with E-state index in [0.29, 0.717) is 0 Å². The van der Waals surface area contributed by atoms with Crippen LogP contribution in [0.3, 0.4) is 0 Å². The van der Waals surface area contributed by atoms with Gasteiger partial charge in [0.15, 0.2) is 6.17 Å². The van der Waals surface area contributed by atoms with Gasteiger partial charge < -0.3 is 15.1 Å². The van der Waals surface area contributed by atoms with Crippen molar-refractivity contribution in [2.24, 2.45) is 9.98 Å². The number of benzene rings is 5. The quantitative estimate of drug-likeness (QED) is 0.180. The topological polar surface area (TPSA) is 74.0 Å². The molecular formula is C43H35N5O. The first-order valence-corrected chi connectivity index (χ1v) is 16.9. The van der Waals surface area contributed by atoms with Gasteiger partial charge in [0.25, 0.3) is 0 Å². The molecule has 3 aliphatic rings. The second kappa shape index (κ2) is 12.6. The van der Waals surface area contributed by atoms with Crippen LogP contribution in [0.5, 0.6) is 0 Å². The molecule has 5 aromatic carbocycles. The number of hydrogen-bond donors (Lipinski definition) is 3. The molecule has 0 saturated carbocycles. The van der Waals surface area contributed by atoms with Crippen LogP contribution in [0.15, 0.2) is 154 Å². The van der Waals surface area contributed by atoms with Crippen molar-refractivity contribution in [2.75, 3.05) is 0 Å². The summed E-state index contributed by atoms with van der Waals surface area (Å²) in [5.74, 6) is 1.61. The van der Waals surface area contributed by atoms with Gasteiger partial charge in [0, 0.05) is 27.4 Å². The van der Waals surface area contributed by atoms with Crippen LogP contribution < -0.4 is 26.6 Å². The minimum atomic E-state index is -0.407. The van der Waals surface area contributed by atoms with Crippen LogP contribution in [-0.4, -0.2) is 11.7 Å². The molecule has 6 aromatic rings. The third-order valence-corrected chi connectivity index (χ3v) is 9.43. The van der Waals surface area contributed by atoms with Gasteiger partial charge in [-0.15, -0.1) is 0 Å². The van der Waals surface area contributed by atoms with Crippen LogP contribution in [0.25, 0.3) is 28.8 Å². The summed E-state index contributed by atoms with van der Waals surface area (Å²) in [6.07, 6.45) is 8.35. The van der Waals surface area contributed by atoms with Crippen molar-refractivity contribution in [1.29, 1.82) is 0 Å². The fraction of sp³-hybridized carbons (Fsp3) is 0.116. The summed E-state index contributed by atoms with van der Waals surface area (Å²) in [5.41, 5.74) is 9.43. The Bertz CT molecular complexity index is 2320. The third kappa shape index (κ3) is 5.77. The summed E-state index contributed by atoms with van der Waals surface area (Å²) in [5, 5.41) is 13.5. The summed E-state index contributed by atoms with van der Waals surface area (Å²) in [6, 6.07) is 46.2. The van der Waals surface area contributed by atoms with Crippen molar-refractivity contribution in [3.63, 3.8) is 0 Å². The van der Waals surface area contributed by atoms with E-state index in [0.717, 1.165) is 69.0 Å². The van der Waals surface area contributed by atoms with Gasteiger partial charge in [-0.05, 0) is 59.4 Å². The van der Waals surface area contributed by atoms with Gasteiger partial charge in [-0.3, -0.25) is 5.32 Å². The number of fused-ring (bicyclic) bond motifs is 3. The van der Waals surface area contributed by atoms with Crippen molar-refractivity contribution in [2.45, 2.75) is 31.2 Å². The SMILES string of the molecule is C1=C(c2cccc(C3N=C(c4ccccc4)NC(c4ccccc4)=N3)c2)NC(c2ccccc2)NC1c1ccc2c3c(oc2c1)=CCCC=3. The number of nitrogens with one attached hydrogen (secondary N) is 3. The highest BCUT2D eigenvalue weighted by Gasteiger charge is 2.26. The van der Waals surface area contributed by atoms with Crippen molar-refractivity contribution < 1.29 is 4.42 Å². The Morgan fingerprint density at radius 1 is 0.592 bits per heavy atom. The molecule has 3 heterocycles. The van der Waals surface area contributed by atoms with Gasteiger partial charge in [0.1, 0.15) is 28.8 Å². The first-order valence-electron chi connectivity index (χ1n) is 16.9. The molecule has 2 aliphatic heterocycles. The lowest BCUT2D eigenvalue weighted by Crippen LogP contribution is -2.39. The summed E-state index contributed by atoms with van der Waals surface area (Å²) in [4.78, 5) is 10.2. The predicted octanol–water partition coefficient (Wildman–Crippen LogP) is 7.26. The molecular weight excluding hydrogens is 603 g/mol. The lowest BCUT2D eigenvalue weighted by molar-refractivity contribution is 0.442. The van der Waals surface area contributed by atoms with E-state index in [1.165, 1.54) is 16.2 Å². The molecule has 2 unspecified atom stereocenters. The average Bonchev–Trinajstić information content (AvgIpc) is 3.57. The number of hydrogen-bond acceptors (Lipinski definition) is 6. The van der Waals surface area contributed by atoms with Crippen LogP contribution in [0.1, 0.15) is 64.6 Å². The molecule has 2 atom stereocenters. The lowest BCUT2D eigenvalue weighted by Gasteiger charge is -2.33. The maximum absolute atomic E-state index is 6.33. The van der Waals surface area contributed by atoms with Crippen molar-refractivity contribution in [3.8, 4) is 0 Å². The third-order valence-electron chi connectivity index (χ3n) is 9.43. The van der Waals surface area contributed by atoms with Gasteiger partial charge in [0.05, 0.1) is 6.04 Å². The number of aliphatic imine (C=N–C) groups is 2. The van der Waals surface area contributed by atoms with Crippen LogP contribution >= 0.6 is 0 Å². The Morgan fingerprint density at radius 3 is 1.98 bits per heavy atom. The van der Waals surface area contributed by atoms with E-state index in [1.807, 2.05) is 36.4 Å². The Labute approximate surface area is 285 Å². The van der Waals surface area contributed by atoms with Crippen molar-refractivity contribution in [1.82, 2.24) is 16.0 Å². The molecule has 238 valence electrons. The van der Waals surface area contributed by atoms with Gasteiger partial charge >= 0.3 is 0 Å². The molecule has 0 bridgehead atoms. The second-order valence-corrected chi connectivity index (χ2v) is 12.6. The van der Waals surface area contributed by atoms with Crippen molar-refractivity contribution in [3.05, 3.63) is 184 Å². The van der Waals surface area contributed by atoms with E-state index in [9.17, 15) is 0 Å². The molecule has 0 fully saturated rings. The minimum absolute atomic E-state index is 0.0473. The lowest BCUT2D eigenvalue weighted by atomic mass is 9.96. The van der Waals surface area contributed by atoms with Crippen LogP contribution in [0.2, 0.25) is 0 Å². The molecule has 0 saturated heterocycles. The summed E-state index contributed by atoms with van der Waals surface area (Å²) >= 11 is 0. The summed E-state index contributed by atoms with van der Waals surface area (Å²) in [7, 11) is 0. The zero-order valence-corrected chi connectivity index (χ0v) is 26.9. The van der Waals surface area contributed by atoms with Crippen LogP contribution in [-0.2, 0) is 0 Å². The fourth-order valence-electron chi connectivity index (χ4n) is 6.94. The Balaban J connectivity index is 1.11. The monoisotopic (exact) mass is 637 g/mol. The van der Waals surface area contributed by atoms with E-state index < -0.39 is 6.17 Å². The molecule has 1 aromatic heterocycles. The van der Waals surface area contributed by atoms with Crippen LogP contribution in [0, 0.1) is 0 Å². The van der Waals surface area contributed by atoms with Crippen molar-refractivity contribution >= 4 is 40.5 Å². The second-order valence-electron chi connectivity index (χ2n) is 12.6. The van der Waals surface area contributed by atoms with E-state index in [4.69, 9.17) is 14.4 Å². The minimum Gasteiger partial charge on any atom is -0.456 e. The Kier molecular flexibility index (Phi) is 7.48. The fourth-order valence-corrected chi connectivity index (χ4v) is 6.94. The first kappa shape index (κ1) is 29.2. The molecule has 3 N–H and O–H groups in total. The zero-order chi connectivity index (χ0) is 32.6. The molecule has 0 radical (unpaired) electrons. The first-order chi connectivity index (χ1) is 24.2. The van der Waals surface area contributed by atoms with E-state index in [2.05, 4.69) is 131 Å². The molecule has 1 aliphatic carbocycles. The number of rotatable bonds is 6. The Morgan fingerprint density at radius 2 is 1.24 bits per heavy atom. The van der Waals surface area contributed by atoms with Gasteiger partial charge in [-0.25, -0.2) is 9.98 Å². The maximum atomic E-state index is 6.33. The predicted molar refractivity (Wildman–Crippen MR) is 198 cm³/mol. The molecule has 6 nitrogen and oxygen atoms in total. The molecule has 9 rings (SSSR count). The average molecular weight is 638 g/mol. The largest absolute Gasteiger partial charge is 0.456 e. The van der Waals surface area contributed by atoms with E-state index >= 15 is 0 Å². The normalized spacial score (nSPS) is 18.9. The highest BCUT2D eigenvalue weighted by atomic mass is 16.3. The van der Waals surface area contributed by atoms with Gasteiger partial charge in [-0.2, -0.15) is 0 Å². The highest BCUT2D eigenvalue weighted by Crippen LogP contribution is 2.33. The van der Waals surface area contributed by atoms with Gasteiger partial charge in [0.2, 0.25) is 0 Å². The highest BCUT2D eigenvalue weighted by molar-refractivity contribution is 6.15. The number of amidine groups is 2. The smallest absolute Gasteiger partial charge is 0.169 e. The molecule has 0 spiro atoms. The number of furan rings is 1. The number of nitrogens with zero attached hydrogens (tertiary/aromatic N) is 2. The Hall–Kier alpha value is -5.98. The van der Waals surface area contributed by atoms with Crippen LogP contribution in [0.4, 0.5) is 0 Å². The van der Waals surface area contributed by atoms with E-state index in [-0.39, 0.29) is 12.2 Å². The zero-order valence-electron chi connectivity index (χ0n) is 26.9. The van der Waals surface area contributed by atoms with E-state index in [1.54, 1.807) is 0 Å². The summed E-state index contributed by atoms with van der Waals surface area (Å²) in [6.45, 7) is 0. The summed E-state index contributed by atoms with van der Waals surface area (Å²) < 4.78 is 6.33. The van der Waals surface area contributed by atoms with Gasteiger partial charge in [-0.1, -0.05) is 127 Å². The maximum Gasteiger partial charge on any atom is 0.169 e. The molecule has 6 heteroatoms. The molecule has 0 amide bonds. The molecule has 49 heavy (non-hydrogen) atoms. The standard InChI is InChI=1S/C43H35N5O/c1-4-13-28(14-5-1)40-44-36(27-37(45-40)32-23-24-35-34-21-10-11-22-38(34)49-39(35)26-32)31-19-12-20-33(25-31)43-47-41(29-15-6-2-7-16-29)46-42(48-43)30-17-8-3-9-18-30/h1-9,12-27,37,40,43-45H,10-11H2,(H,46,47,48).